The summed E-state index contributed by atoms with van der Waals surface area (Å²) in [6, 6.07) is 6.77. The third kappa shape index (κ3) is 2.39. The molecule has 0 saturated carbocycles. The van der Waals surface area contributed by atoms with Gasteiger partial charge in [-0.2, -0.15) is 21.0 Å². The van der Waals surface area contributed by atoms with Crippen molar-refractivity contribution in [3.63, 3.8) is 0 Å². The van der Waals surface area contributed by atoms with Crippen LogP contribution in [0.1, 0.15) is 22.8 Å². The van der Waals surface area contributed by atoms with E-state index in [1.54, 1.807) is 24.3 Å². The lowest BCUT2D eigenvalue weighted by Gasteiger charge is -2.08. The van der Waals surface area contributed by atoms with Gasteiger partial charge in [0.05, 0.1) is 0 Å². The van der Waals surface area contributed by atoms with Crippen LogP contribution in [0.4, 0.5) is 0 Å². The zero-order valence-corrected chi connectivity index (χ0v) is 16.1. The lowest BCUT2D eigenvalue weighted by Crippen LogP contribution is -2.47. The first kappa shape index (κ1) is 19.8. The molecule has 0 amide bonds. The molecular formula is C20N10O4. The molecule has 0 unspecified atom stereocenters. The summed E-state index contributed by atoms with van der Waals surface area (Å²) in [7, 11) is 0. The predicted molar refractivity (Wildman–Crippen MR) is 110 cm³/mol. The molecule has 154 valence electrons. The van der Waals surface area contributed by atoms with Gasteiger partial charge in [0.1, 0.15) is 68.4 Å². The van der Waals surface area contributed by atoms with Crippen LogP contribution in [-0.4, -0.2) is 29.9 Å². The van der Waals surface area contributed by atoms with Gasteiger partial charge in [-0.15, -0.1) is 0 Å². The van der Waals surface area contributed by atoms with Crippen molar-refractivity contribution in [3.05, 3.63) is 63.7 Å². The maximum Gasteiger partial charge on any atom is 0.279 e. The van der Waals surface area contributed by atoms with Gasteiger partial charge in [0.2, 0.25) is 0 Å². The minimum atomic E-state index is -1.59. The SMILES string of the molecule is N#Cc1nc2c3nc(C#N)c(C#N)nc3c3nc4c(=O)c(=O)c(=O)c(=O)c4nc3c2nc1C#N. The zero-order chi connectivity index (χ0) is 24.3. The normalized spacial score (nSPS) is 10.7. The lowest BCUT2D eigenvalue weighted by atomic mass is 10.1. The van der Waals surface area contributed by atoms with E-state index >= 15 is 0 Å². The third-order valence-electron chi connectivity index (χ3n) is 4.83. The van der Waals surface area contributed by atoms with Crippen LogP contribution in [0, 0.1) is 45.3 Å². The second-order valence-electron chi connectivity index (χ2n) is 6.62. The molecule has 0 N–H and O–H groups in total. The Morgan fingerprint density at radius 2 is 0.588 bits per heavy atom. The van der Waals surface area contributed by atoms with Gasteiger partial charge in [-0.25, -0.2) is 29.9 Å². The van der Waals surface area contributed by atoms with Crippen molar-refractivity contribution in [2.45, 2.75) is 0 Å². The molecule has 0 aliphatic heterocycles. The largest absolute Gasteiger partial charge is 0.283 e. The third-order valence-corrected chi connectivity index (χ3v) is 4.83. The van der Waals surface area contributed by atoms with E-state index < -0.39 is 55.5 Å². The summed E-state index contributed by atoms with van der Waals surface area (Å²) < 4.78 is 0. The second-order valence-corrected chi connectivity index (χ2v) is 6.62. The molecule has 14 nitrogen and oxygen atoms in total. The monoisotopic (exact) mass is 444 g/mol. The van der Waals surface area contributed by atoms with Crippen LogP contribution in [0.3, 0.4) is 0 Å². The minimum absolute atomic E-state index is 0.169. The maximum absolute atomic E-state index is 12.4. The Morgan fingerprint density at radius 1 is 0.353 bits per heavy atom. The molecule has 5 rings (SSSR count). The van der Waals surface area contributed by atoms with E-state index in [0.717, 1.165) is 0 Å². The molecule has 0 radical (unpaired) electrons. The molecule has 0 fully saturated rings. The fourth-order valence-corrected chi connectivity index (χ4v) is 3.35. The zero-order valence-electron chi connectivity index (χ0n) is 16.1. The number of rotatable bonds is 0. The summed E-state index contributed by atoms with van der Waals surface area (Å²) in [5.41, 5.74) is -10.2. The Bertz CT molecular complexity index is 2050. The molecule has 14 heteroatoms. The van der Waals surface area contributed by atoms with Gasteiger partial charge in [-0.1, -0.05) is 0 Å². The van der Waals surface area contributed by atoms with Gasteiger partial charge >= 0.3 is 0 Å². The van der Waals surface area contributed by atoms with Crippen LogP contribution in [-0.2, 0) is 0 Å². The van der Waals surface area contributed by atoms with Crippen molar-refractivity contribution in [1.82, 2.24) is 29.9 Å². The van der Waals surface area contributed by atoms with Crippen LogP contribution < -0.4 is 21.7 Å². The average molecular weight is 444 g/mol. The highest BCUT2D eigenvalue weighted by Crippen LogP contribution is 2.30. The summed E-state index contributed by atoms with van der Waals surface area (Å²) in [5, 5.41) is 37.4. The van der Waals surface area contributed by atoms with Crippen molar-refractivity contribution in [3.8, 4) is 24.3 Å². The first-order valence-electron chi connectivity index (χ1n) is 8.89. The van der Waals surface area contributed by atoms with E-state index in [1.807, 2.05) is 0 Å². The molecule has 2 aromatic carbocycles. The predicted octanol–water partition coefficient (Wildman–Crippen LogP) is -1.53. The van der Waals surface area contributed by atoms with E-state index in [0.29, 0.717) is 0 Å². The Balaban J connectivity index is 2.22. The van der Waals surface area contributed by atoms with Gasteiger partial charge in [0.15, 0.2) is 22.8 Å². The first-order chi connectivity index (χ1) is 16.3. The Labute approximate surface area is 183 Å². The maximum atomic E-state index is 12.4. The summed E-state index contributed by atoms with van der Waals surface area (Å²) >= 11 is 0. The van der Waals surface area contributed by atoms with Crippen molar-refractivity contribution in [1.29, 1.82) is 21.0 Å². The number of hydrogen-bond donors (Lipinski definition) is 0. The summed E-state index contributed by atoms with van der Waals surface area (Å²) in [5.74, 6) is 0. The van der Waals surface area contributed by atoms with E-state index in [2.05, 4.69) is 29.9 Å². The lowest BCUT2D eigenvalue weighted by molar-refractivity contribution is 1.17. The molecule has 0 saturated heterocycles. The molecule has 0 bridgehead atoms. The van der Waals surface area contributed by atoms with E-state index in [9.17, 15) is 40.2 Å². The number of fused-ring (bicyclic) bond motifs is 7. The topological polar surface area (TPSA) is 241 Å². The number of nitriles is 4. The van der Waals surface area contributed by atoms with E-state index in [1.165, 1.54) is 0 Å². The van der Waals surface area contributed by atoms with Crippen molar-refractivity contribution in [2.24, 2.45) is 0 Å². The van der Waals surface area contributed by atoms with Gasteiger partial charge in [0, 0.05) is 0 Å². The molecule has 5 aromatic rings. The summed E-state index contributed by atoms with van der Waals surface area (Å²) in [4.78, 5) is 72.7. The van der Waals surface area contributed by atoms with Crippen LogP contribution in [0.25, 0.3) is 44.1 Å². The highest BCUT2D eigenvalue weighted by Gasteiger charge is 2.24. The molecular weight excluding hydrogens is 444 g/mol. The molecule has 3 aromatic heterocycles. The van der Waals surface area contributed by atoms with Gasteiger partial charge < -0.3 is 0 Å². The Morgan fingerprint density at radius 3 is 0.824 bits per heavy atom. The molecule has 0 aliphatic rings. The summed E-state index contributed by atoms with van der Waals surface area (Å²) in [6.45, 7) is 0. The van der Waals surface area contributed by atoms with Crippen molar-refractivity contribution < 1.29 is 0 Å². The molecule has 0 aliphatic carbocycles. The highest BCUT2D eigenvalue weighted by atomic mass is 16.2. The fraction of sp³-hybridized carbons (Fsp3) is 0. The second kappa shape index (κ2) is 6.69. The van der Waals surface area contributed by atoms with Crippen LogP contribution in [0.5, 0.6) is 0 Å². The molecule has 0 atom stereocenters. The average Bonchev–Trinajstić information content (AvgIpc) is 2.88. The summed E-state index contributed by atoms with van der Waals surface area (Å²) in [6.07, 6.45) is 0. The fourth-order valence-electron chi connectivity index (χ4n) is 3.35. The number of aromatic nitrogens is 6. The van der Waals surface area contributed by atoms with Gasteiger partial charge in [-0.05, 0) is 0 Å². The molecule has 3 heterocycles. The quantitative estimate of drug-likeness (QED) is 0.149. The molecule has 0 spiro atoms. The number of hydrogen-bond acceptors (Lipinski definition) is 14. The van der Waals surface area contributed by atoms with E-state index in [-0.39, 0.29) is 33.1 Å². The molecule has 34 heavy (non-hydrogen) atoms. The van der Waals surface area contributed by atoms with Crippen LogP contribution >= 0.6 is 0 Å². The van der Waals surface area contributed by atoms with Crippen LogP contribution in [0.2, 0.25) is 0 Å². The van der Waals surface area contributed by atoms with Gasteiger partial charge in [0.25, 0.3) is 21.7 Å². The van der Waals surface area contributed by atoms with E-state index in [4.69, 9.17) is 0 Å². The Hall–Kier alpha value is -6.12. The number of nitrogens with zero attached hydrogens (tertiary/aromatic N) is 10. The van der Waals surface area contributed by atoms with Crippen LogP contribution in [0.15, 0.2) is 19.2 Å². The Kier molecular flexibility index (Phi) is 3.90. The van der Waals surface area contributed by atoms with Gasteiger partial charge in [-0.3, -0.25) is 19.2 Å². The van der Waals surface area contributed by atoms with Crippen molar-refractivity contribution >= 4 is 44.1 Å². The minimum Gasteiger partial charge on any atom is -0.283 e. The van der Waals surface area contributed by atoms with Crippen molar-refractivity contribution in [2.75, 3.05) is 0 Å². The smallest absolute Gasteiger partial charge is 0.279 e. The standard InChI is InChI=1S/C20N10O4/c21-1-5-7(3-23)27-11-9(25-5)10-12(28-8(4-24)6(2-22)26-10)14-13(11)29-15-16(30-14)18(32)20(34)19(33)17(15)31. The highest BCUT2D eigenvalue weighted by molar-refractivity contribution is 6.19. The first-order valence-corrected chi connectivity index (χ1v) is 8.89. The number of benzene rings is 2.